The van der Waals surface area contributed by atoms with E-state index in [2.05, 4.69) is 15.4 Å². The average molecular weight is 405 g/mol. The number of rotatable bonds is 4. The summed E-state index contributed by atoms with van der Waals surface area (Å²) in [6.45, 7) is 4.81. The molecule has 0 unspecified atom stereocenters. The summed E-state index contributed by atoms with van der Waals surface area (Å²) in [4.78, 5) is 16.8. The summed E-state index contributed by atoms with van der Waals surface area (Å²) < 4.78 is 12.7. The number of anilines is 1. The van der Waals surface area contributed by atoms with E-state index in [1.165, 1.54) is 11.3 Å². The minimum absolute atomic E-state index is 0.0817. The molecule has 7 nitrogen and oxygen atoms in total. The number of halogens is 1. The normalized spacial score (nSPS) is 12.9. The molecular formula is C18H17ClN4O3S. The molecule has 27 heavy (non-hydrogen) atoms. The lowest BCUT2D eigenvalue weighted by molar-refractivity contribution is -0.116. The van der Waals surface area contributed by atoms with Gasteiger partial charge in [-0.25, -0.2) is 4.98 Å². The Morgan fingerprint density at radius 2 is 2.07 bits per heavy atom. The van der Waals surface area contributed by atoms with E-state index in [-0.39, 0.29) is 12.5 Å². The molecule has 0 radical (unpaired) electrons. The number of hydrogen-bond acceptors (Lipinski definition) is 6. The molecule has 0 saturated heterocycles. The molecule has 3 aromatic rings. The number of amides is 1. The maximum absolute atomic E-state index is 12.3. The third-order valence-electron chi connectivity index (χ3n) is 4.18. The van der Waals surface area contributed by atoms with Gasteiger partial charge in [0.15, 0.2) is 16.6 Å². The molecule has 1 aromatic carbocycles. The number of fused-ring (bicyclic) bond motifs is 1. The molecule has 0 atom stereocenters. The fraction of sp³-hybridized carbons (Fsp3) is 0.278. The van der Waals surface area contributed by atoms with Gasteiger partial charge in [-0.2, -0.15) is 5.10 Å². The van der Waals surface area contributed by atoms with Crippen LogP contribution in [0.25, 0.3) is 11.3 Å². The Balaban J connectivity index is 1.46. The Kier molecular flexibility index (Phi) is 4.75. The van der Waals surface area contributed by atoms with Gasteiger partial charge >= 0.3 is 0 Å². The Morgan fingerprint density at radius 3 is 2.81 bits per heavy atom. The average Bonchev–Trinajstić information content (AvgIpc) is 3.22. The molecule has 0 saturated carbocycles. The second-order valence-corrected chi connectivity index (χ2v) is 7.32. The smallest absolute Gasteiger partial charge is 0.247 e. The van der Waals surface area contributed by atoms with Crippen molar-refractivity contribution in [1.29, 1.82) is 0 Å². The first-order valence-electron chi connectivity index (χ1n) is 8.36. The topological polar surface area (TPSA) is 78.3 Å². The first-order valence-corrected chi connectivity index (χ1v) is 9.62. The second kappa shape index (κ2) is 7.21. The van der Waals surface area contributed by atoms with Crippen LogP contribution in [0.3, 0.4) is 0 Å². The van der Waals surface area contributed by atoms with Crippen LogP contribution in [0.15, 0.2) is 23.6 Å². The molecule has 2 aromatic heterocycles. The summed E-state index contributed by atoms with van der Waals surface area (Å²) in [5.41, 5.74) is 3.14. The van der Waals surface area contributed by atoms with Crippen LogP contribution < -0.4 is 14.8 Å². The van der Waals surface area contributed by atoms with Gasteiger partial charge in [0, 0.05) is 10.9 Å². The quantitative estimate of drug-likeness (QED) is 0.717. The van der Waals surface area contributed by atoms with Crippen molar-refractivity contribution in [3.8, 4) is 22.8 Å². The van der Waals surface area contributed by atoms with Crippen molar-refractivity contribution in [3.05, 3.63) is 40.0 Å². The highest BCUT2D eigenvalue weighted by Gasteiger charge is 2.16. The zero-order valence-corrected chi connectivity index (χ0v) is 16.4. The summed E-state index contributed by atoms with van der Waals surface area (Å²) in [7, 11) is 0. The number of aromatic nitrogens is 3. The van der Waals surface area contributed by atoms with Crippen molar-refractivity contribution < 1.29 is 14.3 Å². The fourth-order valence-corrected chi connectivity index (χ4v) is 3.66. The van der Waals surface area contributed by atoms with Gasteiger partial charge in [0.1, 0.15) is 19.8 Å². The fourth-order valence-electron chi connectivity index (χ4n) is 2.79. The first-order chi connectivity index (χ1) is 13.0. The summed E-state index contributed by atoms with van der Waals surface area (Å²) in [5.74, 6) is 1.23. The predicted molar refractivity (Wildman–Crippen MR) is 104 cm³/mol. The van der Waals surface area contributed by atoms with Crippen LogP contribution in [-0.4, -0.2) is 33.9 Å². The molecule has 4 rings (SSSR count). The monoisotopic (exact) mass is 404 g/mol. The summed E-state index contributed by atoms with van der Waals surface area (Å²) in [5, 5.41) is 10.1. The number of nitrogens with one attached hydrogen (secondary N) is 1. The Morgan fingerprint density at radius 1 is 1.30 bits per heavy atom. The molecule has 0 aliphatic carbocycles. The van der Waals surface area contributed by atoms with Crippen LogP contribution in [0.1, 0.15) is 11.4 Å². The van der Waals surface area contributed by atoms with E-state index in [9.17, 15) is 4.79 Å². The van der Waals surface area contributed by atoms with Crippen molar-refractivity contribution in [1.82, 2.24) is 14.8 Å². The molecule has 0 fully saturated rings. The van der Waals surface area contributed by atoms with Crippen LogP contribution in [0.5, 0.6) is 11.5 Å². The maximum atomic E-state index is 12.3. The molecule has 0 spiro atoms. The first kappa shape index (κ1) is 17.8. The number of carbonyl (C=O) groups is 1. The minimum Gasteiger partial charge on any atom is -0.486 e. The van der Waals surface area contributed by atoms with E-state index in [0.717, 1.165) is 22.7 Å². The third kappa shape index (κ3) is 3.63. The standard InChI is InChI=1S/C18H17ClN4O3S/c1-10-17(19)11(2)23(22-10)8-16(24)21-18-20-13(9-27-18)12-3-4-14-15(7-12)26-6-5-25-14/h3-4,7,9H,5-6,8H2,1-2H3,(H,20,21,24). The van der Waals surface area contributed by atoms with Gasteiger partial charge in [-0.15, -0.1) is 11.3 Å². The maximum Gasteiger partial charge on any atom is 0.247 e. The van der Waals surface area contributed by atoms with Crippen molar-refractivity contribution in [3.63, 3.8) is 0 Å². The molecule has 1 aliphatic rings. The highest BCUT2D eigenvalue weighted by molar-refractivity contribution is 7.14. The van der Waals surface area contributed by atoms with Gasteiger partial charge in [-0.1, -0.05) is 11.6 Å². The number of thiazole rings is 1. The lowest BCUT2D eigenvalue weighted by atomic mass is 10.1. The molecule has 9 heteroatoms. The summed E-state index contributed by atoms with van der Waals surface area (Å²) >= 11 is 7.48. The SMILES string of the molecule is Cc1nn(CC(=O)Nc2nc(-c3ccc4c(c3)OCCO4)cs2)c(C)c1Cl. The predicted octanol–water partition coefficient (Wildman–Crippen LogP) is 3.69. The van der Waals surface area contributed by atoms with E-state index in [1.807, 2.05) is 37.4 Å². The van der Waals surface area contributed by atoms with Crippen LogP contribution >= 0.6 is 22.9 Å². The van der Waals surface area contributed by atoms with Crippen LogP contribution in [0.2, 0.25) is 5.02 Å². The van der Waals surface area contributed by atoms with Gasteiger partial charge in [0.05, 0.1) is 22.1 Å². The Hall–Kier alpha value is -2.58. The highest BCUT2D eigenvalue weighted by Crippen LogP contribution is 2.35. The van der Waals surface area contributed by atoms with Crippen LogP contribution in [0, 0.1) is 13.8 Å². The lowest BCUT2D eigenvalue weighted by Crippen LogP contribution is -2.20. The largest absolute Gasteiger partial charge is 0.486 e. The van der Waals surface area contributed by atoms with E-state index < -0.39 is 0 Å². The van der Waals surface area contributed by atoms with Gasteiger partial charge in [0.25, 0.3) is 0 Å². The molecule has 3 heterocycles. The van der Waals surface area contributed by atoms with E-state index >= 15 is 0 Å². The summed E-state index contributed by atoms with van der Waals surface area (Å²) in [6.07, 6.45) is 0. The molecular weight excluding hydrogens is 388 g/mol. The third-order valence-corrected chi connectivity index (χ3v) is 5.48. The molecule has 1 amide bonds. The van der Waals surface area contributed by atoms with Gasteiger partial charge in [-0.3, -0.25) is 9.48 Å². The number of hydrogen-bond donors (Lipinski definition) is 1. The van der Waals surface area contributed by atoms with E-state index in [4.69, 9.17) is 21.1 Å². The van der Waals surface area contributed by atoms with Crippen molar-refractivity contribution >= 4 is 34.0 Å². The van der Waals surface area contributed by atoms with Gasteiger partial charge in [0.2, 0.25) is 5.91 Å². The van der Waals surface area contributed by atoms with E-state index in [0.29, 0.717) is 34.8 Å². The number of ether oxygens (including phenoxy) is 2. The number of benzene rings is 1. The van der Waals surface area contributed by atoms with Crippen LogP contribution in [-0.2, 0) is 11.3 Å². The van der Waals surface area contributed by atoms with E-state index in [1.54, 1.807) is 4.68 Å². The Bertz CT molecular complexity index is 1010. The zero-order chi connectivity index (χ0) is 19.0. The number of aryl methyl sites for hydroxylation is 1. The second-order valence-electron chi connectivity index (χ2n) is 6.09. The van der Waals surface area contributed by atoms with Gasteiger partial charge in [-0.05, 0) is 32.0 Å². The zero-order valence-electron chi connectivity index (χ0n) is 14.8. The molecule has 140 valence electrons. The lowest BCUT2D eigenvalue weighted by Gasteiger charge is -2.18. The minimum atomic E-state index is -0.208. The number of carbonyl (C=O) groups excluding carboxylic acids is 1. The summed E-state index contributed by atoms with van der Waals surface area (Å²) in [6, 6.07) is 5.69. The highest BCUT2D eigenvalue weighted by atomic mass is 35.5. The van der Waals surface area contributed by atoms with Crippen LogP contribution in [0.4, 0.5) is 5.13 Å². The number of nitrogens with zero attached hydrogens (tertiary/aromatic N) is 3. The van der Waals surface area contributed by atoms with Gasteiger partial charge < -0.3 is 14.8 Å². The van der Waals surface area contributed by atoms with Crippen molar-refractivity contribution in [2.45, 2.75) is 20.4 Å². The molecule has 0 bridgehead atoms. The van der Waals surface area contributed by atoms with Crippen molar-refractivity contribution in [2.24, 2.45) is 0 Å². The molecule has 1 N–H and O–H groups in total. The van der Waals surface area contributed by atoms with Crippen molar-refractivity contribution in [2.75, 3.05) is 18.5 Å². The molecule has 1 aliphatic heterocycles. The Labute approximate surface area is 164 Å².